The van der Waals surface area contributed by atoms with Crippen molar-refractivity contribution in [2.45, 2.75) is 104 Å². The largest absolute Gasteiger partial charge is 0.388 e. The average molecular weight is 715 g/mol. The number of aliphatic imine (C=N–C) groups is 1. The topological polar surface area (TPSA) is 201 Å². The first-order valence-corrected chi connectivity index (χ1v) is 18.0. The number of unbranched alkanes of at least 4 members (excludes halogenated alkanes) is 1. The Kier molecular flexibility index (Phi) is 16.7. The fraction of sp³-hybridized carbons (Fsp3) is 0.462. The first-order valence-electron chi connectivity index (χ1n) is 18.0. The van der Waals surface area contributed by atoms with Crippen molar-refractivity contribution in [3.63, 3.8) is 0 Å². The molecular formula is C39H54N8O5. The number of rotatable bonds is 21. The van der Waals surface area contributed by atoms with Gasteiger partial charge in [0.15, 0.2) is 5.78 Å². The number of hydrogen-bond acceptors (Lipinski definition) is 7. The minimum Gasteiger partial charge on any atom is -0.388 e. The predicted molar refractivity (Wildman–Crippen MR) is 202 cm³/mol. The third-order valence-corrected chi connectivity index (χ3v) is 8.71. The molecule has 52 heavy (non-hydrogen) atoms. The summed E-state index contributed by atoms with van der Waals surface area (Å²) in [5.41, 5.74) is 9.44. The molecule has 280 valence electrons. The van der Waals surface area contributed by atoms with Gasteiger partial charge < -0.3 is 32.0 Å². The molecule has 0 spiro atoms. The summed E-state index contributed by atoms with van der Waals surface area (Å²) in [5.74, 6) is -2.19. The fourth-order valence-electron chi connectivity index (χ4n) is 5.60. The Balaban J connectivity index is 1.67. The number of imidazole rings is 1. The van der Waals surface area contributed by atoms with Gasteiger partial charge in [0.25, 0.3) is 0 Å². The Morgan fingerprint density at radius 2 is 1.37 bits per heavy atom. The lowest BCUT2D eigenvalue weighted by atomic mass is 9.97. The van der Waals surface area contributed by atoms with Crippen molar-refractivity contribution in [2.75, 3.05) is 6.54 Å². The maximum atomic E-state index is 13.6. The second-order valence-corrected chi connectivity index (χ2v) is 13.3. The van der Waals surface area contributed by atoms with Crippen LogP contribution in [-0.2, 0) is 36.8 Å². The summed E-state index contributed by atoms with van der Waals surface area (Å²) in [5, 5.41) is 11.1. The van der Waals surface area contributed by atoms with Gasteiger partial charge in [-0.3, -0.25) is 29.0 Å². The maximum Gasteiger partial charge on any atom is 0.243 e. The molecular weight excluding hydrogens is 660 g/mol. The molecule has 0 bridgehead atoms. The Morgan fingerprint density at radius 3 is 1.98 bits per heavy atom. The number of amidine groups is 1. The van der Waals surface area contributed by atoms with Crippen LogP contribution in [0.15, 0.2) is 72.1 Å². The highest BCUT2D eigenvalue weighted by molar-refractivity contribution is 5.95. The number of aromatic amines is 1. The van der Waals surface area contributed by atoms with Gasteiger partial charge in [0, 0.05) is 30.8 Å². The minimum atomic E-state index is -1.06. The second kappa shape index (κ2) is 21.1. The van der Waals surface area contributed by atoms with Crippen LogP contribution in [0.3, 0.4) is 0 Å². The molecule has 7 N–H and O–H groups in total. The number of nitrogens with zero attached hydrogens (tertiary/aromatic N) is 2. The Labute approximate surface area is 306 Å². The summed E-state index contributed by atoms with van der Waals surface area (Å²) >= 11 is 0. The van der Waals surface area contributed by atoms with E-state index in [0.717, 1.165) is 29.5 Å². The van der Waals surface area contributed by atoms with Crippen LogP contribution in [-0.4, -0.2) is 75.9 Å². The monoisotopic (exact) mass is 714 g/mol. The van der Waals surface area contributed by atoms with Crippen molar-refractivity contribution in [3.8, 4) is 11.1 Å². The molecule has 13 heteroatoms. The lowest BCUT2D eigenvalue weighted by molar-refractivity contribution is -0.134. The number of hydrogen-bond donors (Lipinski definition) is 6. The van der Waals surface area contributed by atoms with Gasteiger partial charge in [-0.1, -0.05) is 81.3 Å². The van der Waals surface area contributed by atoms with Crippen LogP contribution < -0.4 is 27.0 Å². The first kappa shape index (κ1) is 41.1. The van der Waals surface area contributed by atoms with E-state index >= 15 is 0 Å². The minimum absolute atomic E-state index is 0.0866. The number of benzene rings is 2. The molecule has 13 nitrogen and oxygen atoms in total. The number of aromatic nitrogens is 2. The van der Waals surface area contributed by atoms with Gasteiger partial charge in [0.1, 0.15) is 18.1 Å². The Morgan fingerprint density at radius 1 is 0.750 bits per heavy atom. The molecule has 0 saturated heterocycles. The van der Waals surface area contributed by atoms with Gasteiger partial charge in [0.2, 0.25) is 23.6 Å². The van der Waals surface area contributed by atoms with Crippen LogP contribution in [0, 0.1) is 5.92 Å². The van der Waals surface area contributed by atoms with Crippen molar-refractivity contribution >= 4 is 35.2 Å². The number of H-pyrrole nitrogens is 1. The summed E-state index contributed by atoms with van der Waals surface area (Å²) in [4.78, 5) is 77.1. The summed E-state index contributed by atoms with van der Waals surface area (Å²) in [6.07, 6.45) is 6.37. The van der Waals surface area contributed by atoms with Gasteiger partial charge >= 0.3 is 0 Å². The zero-order valence-electron chi connectivity index (χ0n) is 30.9. The van der Waals surface area contributed by atoms with Crippen LogP contribution in [0.25, 0.3) is 11.1 Å². The molecule has 1 aromatic heterocycles. The van der Waals surface area contributed by atoms with Crippen LogP contribution in [0.2, 0.25) is 0 Å². The molecule has 0 aliphatic heterocycles. The molecule has 0 aliphatic rings. The molecule has 0 radical (unpaired) electrons. The van der Waals surface area contributed by atoms with Gasteiger partial charge in [0.05, 0.1) is 18.2 Å². The van der Waals surface area contributed by atoms with Crippen molar-refractivity contribution in [2.24, 2.45) is 16.6 Å². The van der Waals surface area contributed by atoms with Crippen molar-refractivity contribution in [1.29, 1.82) is 0 Å². The molecule has 0 fully saturated rings. The highest BCUT2D eigenvalue weighted by Crippen LogP contribution is 2.20. The lowest BCUT2D eigenvalue weighted by Crippen LogP contribution is -2.57. The van der Waals surface area contributed by atoms with Crippen LogP contribution in [0.5, 0.6) is 0 Å². The normalized spacial score (nSPS) is 14.3. The standard InChI is InChI=1S/C39H54N8O5/c1-6-7-14-33(27(4)48)45-39(52)35(22-32-23-41-24-43-32)47-37(50)26(3)44-38(51)34(15-11-20-42-28(5)40)46-36(49)25(2)21-29-16-18-31(19-17-29)30-12-9-8-10-13-30/h8-10,12-13,16-19,23-26,33-35H,6-7,11,14-15,20-22H2,1-5H3,(H2,40,42)(H,41,43)(H,44,51)(H,45,52)(H,46,49)(H,47,50)/t25-,26-,33-,34-,35+/m0/s1. The Bertz CT molecular complexity index is 1620. The molecule has 0 saturated carbocycles. The summed E-state index contributed by atoms with van der Waals surface area (Å²) < 4.78 is 0. The third-order valence-electron chi connectivity index (χ3n) is 8.71. The van der Waals surface area contributed by atoms with Crippen molar-refractivity contribution in [3.05, 3.63) is 78.4 Å². The SMILES string of the molecule is CCCC[C@H](NC(=O)[C@@H](Cc1cnc[nH]1)NC(=O)[C@H](C)NC(=O)[C@H](CCCN=C(C)N)NC(=O)[C@@H](C)Cc1ccc(-c2ccccc2)cc1)C(C)=O. The number of nitrogens with two attached hydrogens (primary N) is 1. The van der Waals surface area contributed by atoms with Gasteiger partial charge in [-0.15, -0.1) is 0 Å². The van der Waals surface area contributed by atoms with Gasteiger partial charge in [-0.05, 0) is 63.1 Å². The molecule has 4 amide bonds. The summed E-state index contributed by atoms with van der Waals surface area (Å²) in [6, 6.07) is 14.3. The van der Waals surface area contributed by atoms with E-state index in [0.29, 0.717) is 37.3 Å². The van der Waals surface area contributed by atoms with Crippen molar-refractivity contribution in [1.82, 2.24) is 31.2 Å². The van der Waals surface area contributed by atoms with Crippen LogP contribution in [0.4, 0.5) is 0 Å². The summed E-state index contributed by atoms with van der Waals surface area (Å²) in [7, 11) is 0. The molecule has 0 unspecified atom stereocenters. The molecule has 0 aliphatic carbocycles. The highest BCUT2D eigenvalue weighted by Gasteiger charge is 2.30. The van der Waals surface area contributed by atoms with Crippen LogP contribution >= 0.6 is 0 Å². The molecule has 5 atom stereocenters. The quantitative estimate of drug-likeness (QED) is 0.0552. The second-order valence-electron chi connectivity index (χ2n) is 13.3. The first-order chi connectivity index (χ1) is 24.9. The van der Waals surface area contributed by atoms with E-state index in [1.165, 1.54) is 20.2 Å². The number of amides is 4. The third kappa shape index (κ3) is 13.8. The van der Waals surface area contributed by atoms with Crippen LogP contribution in [0.1, 0.15) is 78.0 Å². The number of nitrogens with one attached hydrogen (secondary N) is 5. The predicted octanol–water partition coefficient (Wildman–Crippen LogP) is 3.39. The van der Waals surface area contributed by atoms with Gasteiger partial charge in [-0.2, -0.15) is 0 Å². The molecule has 2 aromatic carbocycles. The van der Waals surface area contributed by atoms with E-state index in [1.807, 2.05) is 61.5 Å². The number of ketones is 1. The van der Waals surface area contributed by atoms with Crippen molar-refractivity contribution < 1.29 is 24.0 Å². The number of carbonyl (C=O) groups is 5. The van der Waals surface area contributed by atoms with E-state index < -0.39 is 47.8 Å². The highest BCUT2D eigenvalue weighted by atomic mass is 16.2. The fourth-order valence-corrected chi connectivity index (χ4v) is 5.60. The van der Waals surface area contributed by atoms with E-state index in [-0.39, 0.29) is 24.5 Å². The van der Waals surface area contributed by atoms with E-state index in [4.69, 9.17) is 5.73 Å². The number of carbonyl (C=O) groups excluding carboxylic acids is 5. The average Bonchev–Trinajstić information content (AvgIpc) is 3.64. The van der Waals surface area contributed by atoms with E-state index in [9.17, 15) is 24.0 Å². The van der Waals surface area contributed by atoms with E-state index in [2.05, 4.69) is 36.2 Å². The van der Waals surface area contributed by atoms with Gasteiger partial charge in [-0.25, -0.2) is 4.98 Å². The zero-order chi connectivity index (χ0) is 38.0. The Hall–Kier alpha value is -5.33. The number of Topliss-reactive ketones (excluding diaryl/α,β-unsaturated/α-hetero) is 1. The summed E-state index contributed by atoms with van der Waals surface area (Å²) in [6.45, 7) is 8.76. The zero-order valence-corrected chi connectivity index (χ0v) is 30.9. The maximum absolute atomic E-state index is 13.6. The smallest absolute Gasteiger partial charge is 0.243 e. The lowest BCUT2D eigenvalue weighted by Gasteiger charge is -2.25. The van der Waals surface area contributed by atoms with E-state index in [1.54, 1.807) is 20.0 Å². The molecule has 1 heterocycles. The molecule has 3 aromatic rings. The molecule has 3 rings (SSSR count).